The van der Waals surface area contributed by atoms with Crippen LogP contribution in [-0.4, -0.2) is 0 Å². The summed E-state index contributed by atoms with van der Waals surface area (Å²) in [4.78, 5) is 0. The molecule has 0 aromatic heterocycles. The van der Waals surface area contributed by atoms with E-state index in [9.17, 15) is 0 Å². The predicted octanol–water partition coefficient (Wildman–Crippen LogP) is 6.93. The Morgan fingerprint density at radius 1 is 0.682 bits per heavy atom. The Hall–Kier alpha value is -1.56. The van der Waals surface area contributed by atoms with E-state index in [1.54, 1.807) is 0 Å². The Kier molecular flexibility index (Phi) is 7.22. The van der Waals surface area contributed by atoms with Crippen molar-refractivity contribution in [1.29, 1.82) is 0 Å². The molecule has 0 saturated heterocycles. The van der Waals surface area contributed by atoms with Crippen LogP contribution in [0.4, 0.5) is 0 Å². The van der Waals surface area contributed by atoms with Crippen LogP contribution in [0.5, 0.6) is 0 Å². The van der Waals surface area contributed by atoms with E-state index in [1.165, 1.54) is 49.7 Å². The van der Waals surface area contributed by atoms with Gasteiger partial charge in [0, 0.05) is 0 Å². The van der Waals surface area contributed by atoms with E-state index in [0.29, 0.717) is 11.8 Å². The topological polar surface area (TPSA) is 0 Å². The van der Waals surface area contributed by atoms with Crippen LogP contribution in [0, 0.1) is 0 Å². The van der Waals surface area contributed by atoms with Gasteiger partial charge in [-0.05, 0) is 42.2 Å². The maximum Gasteiger partial charge on any atom is -0.0156 e. The zero-order valence-corrected chi connectivity index (χ0v) is 14.2. The first kappa shape index (κ1) is 16.8. The molecule has 0 nitrogen and oxygen atoms in total. The lowest BCUT2D eigenvalue weighted by Gasteiger charge is -2.24. The van der Waals surface area contributed by atoms with Crippen molar-refractivity contribution in [2.45, 2.75) is 64.2 Å². The Balaban J connectivity index is 2.10. The molecule has 0 aliphatic rings. The van der Waals surface area contributed by atoms with E-state index in [2.05, 4.69) is 74.5 Å². The van der Waals surface area contributed by atoms with Gasteiger partial charge < -0.3 is 0 Å². The molecule has 0 N–H and O–H groups in total. The predicted molar refractivity (Wildman–Crippen MR) is 97.4 cm³/mol. The average Bonchev–Trinajstić information content (AvgIpc) is 2.59. The number of unbranched alkanes of at least 4 members (excludes halogenated alkanes) is 2. The quantitative estimate of drug-likeness (QED) is 0.440. The summed E-state index contributed by atoms with van der Waals surface area (Å²) in [5.74, 6) is 1.37. The van der Waals surface area contributed by atoms with Gasteiger partial charge in [0.2, 0.25) is 0 Å². The lowest BCUT2D eigenvalue weighted by Crippen LogP contribution is -2.07. The third-order valence-electron chi connectivity index (χ3n) is 4.76. The molecular weight excluding hydrogens is 264 g/mol. The zero-order chi connectivity index (χ0) is 15.6. The fraction of sp³-hybridized carbons (Fsp3) is 0.455. The molecule has 2 aromatic carbocycles. The highest BCUT2D eigenvalue weighted by atomic mass is 14.2. The zero-order valence-electron chi connectivity index (χ0n) is 14.2. The van der Waals surface area contributed by atoms with E-state index >= 15 is 0 Å². The minimum Gasteiger partial charge on any atom is -0.0654 e. The maximum absolute atomic E-state index is 2.33. The van der Waals surface area contributed by atoms with E-state index in [-0.39, 0.29) is 0 Å². The van der Waals surface area contributed by atoms with Crippen molar-refractivity contribution in [2.24, 2.45) is 0 Å². The molecule has 0 aliphatic carbocycles. The summed E-state index contributed by atoms with van der Waals surface area (Å²) in [6, 6.07) is 22.2. The molecule has 0 saturated carbocycles. The van der Waals surface area contributed by atoms with Crippen molar-refractivity contribution in [3.63, 3.8) is 0 Å². The molecule has 2 unspecified atom stereocenters. The van der Waals surface area contributed by atoms with Gasteiger partial charge in [0.25, 0.3) is 0 Å². The number of rotatable bonds is 9. The standard InChI is InChI=1S/C22H30/c1-3-5-8-17-22(21-15-11-7-12-16-21)18-19(4-2)20-13-9-6-10-14-20/h6-7,9-16,19,22H,3-5,8,17-18H2,1-2H3. The molecule has 0 aliphatic heterocycles. The fourth-order valence-electron chi connectivity index (χ4n) is 3.39. The van der Waals surface area contributed by atoms with Crippen molar-refractivity contribution in [1.82, 2.24) is 0 Å². The van der Waals surface area contributed by atoms with Crippen LogP contribution in [0.1, 0.15) is 75.3 Å². The van der Waals surface area contributed by atoms with Crippen LogP contribution in [0.25, 0.3) is 0 Å². The summed E-state index contributed by atoms with van der Waals surface area (Å²) in [5, 5.41) is 0. The van der Waals surface area contributed by atoms with E-state index < -0.39 is 0 Å². The molecule has 0 bridgehead atoms. The summed E-state index contributed by atoms with van der Waals surface area (Å²) < 4.78 is 0. The summed E-state index contributed by atoms with van der Waals surface area (Å²) in [6.45, 7) is 4.61. The van der Waals surface area contributed by atoms with Gasteiger partial charge in [-0.25, -0.2) is 0 Å². The lowest BCUT2D eigenvalue weighted by molar-refractivity contribution is 0.475. The first-order valence-corrected chi connectivity index (χ1v) is 8.95. The molecule has 22 heavy (non-hydrogen) atoms. The van der Waals surface area contributed by atoms with Gasteiger partial charge in [-0.3, -0.25) is 0 Å². The summed E-state index contributed by atoms with van der Waals surface area (Å²) >= 11 is 0. The third-order valence-corrected chi connectivity index (χ3v) is 4.76. The minimum absolute atomic E-state index is 0.674. The molecule has 2 atom stereocenters. The van der Waals surface area contributed by atoms with Gasteiger partial charge in [-0.2, -0.15) is 0 Å². The largest absolute Gasteiger partial charge is 0.0654 e. The highest BCUT2D eigenvalue weighted by molar-refractivity contribution is 5.23. The van der Waals surface area contributed by atoms with Crippen LogP contribution < -0.4 is 0 Å². The molecule has 0 heteroatoms. The normalized spacial score (nSPS) is 13.7. The van der Waals surface area contributed by atoms with Gasteiger partial charge in [0.05, 0.1) is 0 Å². The number of benzene rings is 2. The molecule has 0 fully saturated rings. The van der Waals surface area contributed by atoms with Crippen molar-refractivity contribution in [2.75, 3.05) is 0 Å². The molecule has 2 aromatic rings. The monoisotopic (exact) mass is 294 g/mol. The van der Waals surface area contributed by atoms with Crippen LogP contribution in [0.3, 0.4) is 0 Å². The maximum atomic E-state index is 2.33. The Morgan fingerprint density at radius 3 is 1.73 bits per heavy atom. The lowest BCUT2D eigenvalue weighted by atomic mass is 9.81. The second-order valence-electron chi connectivity index (χ2n) is 6.35. The molecular formula is C22H30. The molecule has 0 heterocycles. The summed E-state index contributed by atoms with van der Waals surface area (Å²) in [6.07, 6.45) is 7.82. The smallest absolute Gasteiger partial charge is 0.0156 e. The van der Waals surface area contributed by atoms with Gasteiger partial charge in [0.1, 0.15) is 0 Å². The Labute approximate surface area is 136 Å². The highest BCUT2D eigenvalue weighted by Crippen LogP contribution is 2.35. The van der Waals surface area contributed by atoms with Crippen LogP contribution in [0.15, 0.2) is 60.7 Å². The molecule has 0 radical (unpaired) electrons. The van der Waals surface area contributed by atoms with Gasteiger partial charge in [-0.15, -0.1) is 0 Å². The molecule has 118 valence electrons. The summed E-state index contributed by atoms with van der Waals surface area (Å²) in [7, 11) is 0. The number of hydrogen-bond donors (Lipinski definition) is 0. The fourth-order valence-corrected chi connectivity index (χ4v) is 3.39. The average molecular weight is 294 g/mol. The third kappa shape index (κ3) is 5.02. The van der Waals surface area contributed by atoms with E-state index in [0.717, 1.165) is 0 Å². The van der Waals surface area contributed by atoms with Crippen LogP contribution >= 0.6 is 0 Å². The minimum atomic E-state index is 0.674. The van der Waals surface area contributed by atoms with Crippen molar-refractivity contribution in [3.8, 4) is 0 Å². The van der Waals surface area contributed by atoms with Gasteiger partial charge in [0.15, 0.2) is 0 Å². The van der Waals surface area contributed by atoms with Crippen LogP contribution in [-0.2, 0) is 0 Å². The second kappa shape index (κ2) is 9.46. The van der Waals surface area contributed by atoms with Crippen molar-refractivity contribution < 1.29 is 0 Å². The van der Waals surface area contributed by atoms with Gasteiger partial charge in [-0.1, -0.05) is 93.8 Å². The Morgan fingerprint density at radius 2 is 1.23 bits per heavy atom. The first-order valence-electron chi connectivity index (χ1n) is 8.95. The molecule has 0 spiro atoms. The number of hydrogen-bond acceptors (Lipinski definition) is 0. The van der Waals surface area contributed by atoms with Gasteiger partial charge >= 0.3 is 0 Å². The Bertz CT molecular complexity index is 500. The molecule has 0 amide bonds. The van der Waals surface area contributed by atoms with E-state index in [4.69, 9.17) is 0 Å². The van der Waals surface area contributed by atoms with Crippen molar-refractivity contribution in [3.05, 3.63) is 71.8 Å². The molecule has 2 rings (SSSR count). The second-order valence-corrected chi connectivity index (χ2v) is 6.35. The summed E-state index contributed by atoms with van der Waals surface area (Å²) in [5.41, 5.74) is 3.02. The van der Waals surface area contributed by atoms with Crippen molar-refractivity contribution >= 4 is 0 Å². The van der Waals surface area contributed by atoms with Crippen LogP contribution in [0.2, 0.25) is 0 Å². The highest BCUT2D eigenvalue weighted by Gasteiger charge is 2.18. The first-order chi connectivity index (χ1) is 10.8. The SMILES string of the molecule is CCCCCC(CC(CC)c1ccccc1)c1ccccc1. The van der Waals surface area contributed by atoms with E-state index in [1.807, 2.05) is 0 Å².